The Morgan fingerprint density at radius 2 is 1.73 bits per heavy atom. The van der Waals surface area contributed by atoms with Gasteiger partial charge in [-0.05, 0) is 46.9 Å². The molecule has 0 atom stereocenters. The molecule has 1 saturated heterocycles. The first kappa shape index (κ1) is 24.1. The van der Waals surface area contributed by atoms with Crippen LogP contribution in [0.5, 0.6) is 0 Å². The minimum Gasteiger partial charge on any atom is -0.345 e. The first-order valence-corrected chi connectivity index (χ1v) is 13.5. The molecular formula is C24H27ClFN3O2S2. The van der Waals surface area contributed by atoms with Crippen molar-refractivity contribution in [2.75, 3.05) is 31.1 Å². The molecule has 0 spiro atoms. The maximum atomic E-state index is 13.6. The summed E-state index contributed by atoms with van der Waals surface area (Å²) in [4.78, 5) is 7.10. The van der Waals surface area contributed by atoms with Gasteiger partial charge in [0.1, 0.15) is 5.82 Å². The van der Waals surface area contributed by atoms with E-state index in [0.717, 1.165) is 22.0 Å². The maximum Gasteiger partial charge on any atom is 0.243 e. The van der Waals surface area contributed by atoms with Gasteiger partial charge in [0.05, 0.1) is 10.6 Å². The highest BCUT2D eigenvalue weighted by Gasteiger charge is 2.29. The van der Waals surface area contributed by atoms with Crippen LogP contribution in [-0.4, -0.2) is 43.9 Å². The molecule has 0 aliphatic carbocycles. The first-order valence-electron chi connectivity index (χ1n) is 10.8. The number of aromatic nitrogens is 1. The molecule has 0 bridgehead atoms. The quantitative estimate of drug-likeness (QED) is 0.468. The second kappa shape index (κ2) is 9.33. The van der Waals surface area contributed by atoms with Crippen LogP contribution in [0, 0.1) is 5.82 Å². The average Bonchev–Trinajstić information content (AvgIpc) is 3.21. The van der Waals surface area contributed by atoms with Gasteiger partial charge in [0, 0.05) is 43.0 Å². The lowest BCUT2D eigenvalue weighted by Crippen LogP contribution is -2.48. The maximum absolute atomic E-state index is 13.6. The third-order valence-corrected chi connectivity index (χ3v) is 8.80. The topological polar surface area (TPSA) is 53.5 Å². The van der Waals surface area contributed by atoms with E-state index in [1.165, 1.54) is 23.5 Å². The number of halogens is 2. The van der Waals surface area contributed by atoms with Gasteiger partial charge in [-0.2, -0.15) is 4.31 Å². The van der Waals surface area contributed by atoms with E-state index in [4.69, 9.17) is 11.6 Å². The normalized spacial score (nSPS) is 15.7. The fourth-order valence-corrected chi connectivity index (χ4v) is 6.39. The van der Waals surface area contributed by atoms with Gasteiger partial charge in [-0.1, -0.05) is 44.5 Å². The number of anilines is 1. The minimum absolute atomic E-state index is 0.0264. The van der Waals surface area contributed by atoms with Crippen molar-refractivity contribution in [3.63, 3.8) is 0 Å². The number of hydrogen-bond donors (Lipinski definition) is 0. The molecule has 0 N–H and O–H groups in total. The lowest BCUT2D eigenvalue weighted by atomic mass is 9.87. The van der Waals surface area contributed by atoms with E-state index in [9.17, 15) is 12.8 Å². The zero-order chi connectivity index (χ0) is 23.8. The molecule has 9 heteroatoms. The third-order valence-electron chi connectivity index (χ3n) is 5.71. The van der Waals surface area contributed by atoms with E-state index < -0.39 is 10.0 Å². The summed E-state index contributed by atoms with van der Waals surface area (Å²) in [6.07, 6.45) is 0.493. The Labute approximate surface area is 203 Å². The number of thiazole rings is 1. The van der Waals surface area contributed by atoms with Crippen LogP contribution >= 0.6 is 22.9 Å². The molecule has 0 amide bonds. The molecular weight excluding hydrogens is 481 g/mol. The van der Waals surface area contributed by atoms with Crippen molar-refractivity contribution in [2.24, 2.45) is 0 Å². The van der Waals surface area contributed by atoms with Crippen LogP contribution in [-0.2, 0) is 21.9 Å². The second-order valence-corrected chi connectivity index (χ2v) is 12.5. The van der Waals surface area contributed by atoms with Gasteiger partial charge in [-0.15, -0.1) is 11.3 Å². The number of rotatable bonds is 5. The monoisotopic (exact) mass is 507 g/mol. The van der Waals surface area contributed by atoms with Crippen molar-refractivity contribution in [1.29, 1.82) is 0 Å². The van der Waals surface area contributed by atoms with Gasteiger partial charge >= 0.3 is 0 Å². The first-order chi connectivity index (χ1) is 15.5. The second-order valence-electron chi connectivity index (χ2n) is 9.24. The van der Waals surface area contributed by atoms with Gasteiger partial charge < -0.3 is 4.90 Å². The molecule has 0 saturated carbocycles. The van der Waals surface area contributed by atoms with E-state index in [1.54, 1.807) is 22.5 Å². The highest BCUT2D eigenvalue weighted by molar-refractivity contribution is 7.89. The minimum atomic E-state index is -3.53. The van der Waals surface area contributed by atoms with Gasteiger partial charge in [0.2, 0.25) is 10.0 Å². The highest BCUT2D eigenvalue weighted by Crippen LogP contribution is 2.27. The fraction of sp³-hybridized carbons (Fsp3) is 0.375. The summed E-state index contributed by atoms with van der Waals surface area (Å²) < 4.78 is 41.3. The Balaban J connectivity index is 1.39. The van der Waals surface area contributed by atoms with Gasteiger partial charge in [-0.3, -0.25) is 0 Å². The Morgan fingerprint density at radius 1 is 1.06 bits per heavy atom. The molecule has 3 aromatic rings. The van der Waals surface area contributed by atoms with Crippen molar-refractivity contribution >= 4 is 38.1 Å². The summed E-state index contributed by atoms with van der Waals surface area (Å²) in [5.74, 6) is -0.363. The van der Waals surface area contributed by atoms with E-state index in [-0.39, 0.29) is 11.2 Å². The predicted molar refractivity (Wildman–Crippen MR) is 132 cm³/mol. The lowest BCUT2D eigenvalue weighted by Gasteiger charge is -2.33. The summed E-state index contributed by atoms with van der Waals surface area (Å²) in [5.41, 5.74) is 2.68. The van der Waals surface area contributed by atoms with Crippen LogP contribution in [0.4, 0.5) is 9.52 Å². The molecule has 33 heavy (non-hydrogen) atoms. The number of sulfonamides is 1. The van der Waals surface area contributed by atoms with E-state index in [1.807, 2.05) is 17.5 Å². The molecule has 0 radical (unpaired) electrons. The standard InChI is InChI=1S/C24H27ClFN3O2S2/c1-24(2,3)18-4-6-22(7-5-18)33(30,31)29-10-8-28(9-11-29)23-27-21(16-32-23)14-17-12-19(25)15-20(26)13-17/h4-7,12-13,15-16H,8-11,14H2,1-3H3. The largest absolute Gasteiger partial charge is 0.345 e. The van der Waals surface area contributed by atoms with Gasteiger partial charge in [0.25, 0.3) is 0 Å². The molecule has 4 rings (SSSR count). The van der Waals surface area contributed by atoms with E-state index in [0.29, 0.717) is 42.5 Å². The SMILES string of the molecule is CC(C)(C)c1ccc(S(=O)(=O)N2CCN(c3nc(Cc4cc(F)cc(Cl)c4)cs3)CC2)cc1. The van der Waals surface area contributed by atoms with Gasteiger partial charge in [-0.25, -0.2) is 17.8 Å². The van der Waals surface area contributed by atoms with Gasteiger partial charge in [0.15, 0.2) is 5.13 Å². The summed E-state index contributed by atoms with van der Waals surface area (Å²) in [6.45, 7) is 8.25. The van der Waals surface area contributed by atoms with Crippen LogP contribution < -0.4 is 4.90 Å². The Bertz CT molecular complexity index is 1210. The van der Waals surface area contributed by atoms with Crippen LogP contribution in [0.25, 0.3) is 0 Å². The fourth-order valence-electron chi connectivity index (χ4n) is 3.84. The molecule has 2 heterocycles. The number of benzene rings is 2. The van der Waals surface area contributed by atoms with Crippen LogP contribution in [0.15, 0.2) is 52.7 Å². The molecule has 2 aromatic carbocycles. The van der Waals surface area contributed by atoms with Crippen LogP contribution in [0.1, 0.15) is 37.6 Å². The molecule has 1 aliphatic rings. The lowest BCUT2D eigenvalue weighted by molar-refractivity contribution is 0.384. The highest BCUT2D eigenvalue weighted by atomic mass is 35.5. The zero-order valence-electron chi connectivity index (χ0n) is 18.9. The van der Waals surface area contributed by atoms with Crippen LogP contribution in [0.3, 0.4) is 0 Å². The third kappa shape index (κ3) is 5.57. The average molecular weight is 508 g/mol. The molecule has 1 aromatic heterocycles. The van der Waals surface area contributed by atoms with Crippen molar-refractivity contribution in [1.82, 2.24) is 9.29 Å². The summed E-state index contributed by atoms with van der Waals surface area (Å²) in [7, 11) is -3.53. The predicted octanol–water partition coefficient (Wildman–Crippen LogP) is 5.33. The Hall–Kier alpha value is -2.00. The van der Waals surface area contributed by atoms with Crippen molar-refractivity contribution in [2.45, 2.75) is 37.5 Å². The van der Waals surface area contributed by atoms with Crippen LogP contribution in [0.2, 0.25) is 5.02 Å². The van der Waals surface area contributed by atoms with E-state index in [2.05, 4.69) is 30.7 Å². The van der Waals surface area contributed by atoms with Crippen molar-refractivity contribution < 1.29 is 12.8 Å². The molecule has 1 aliphatic heterocycles. The summed E-state index contributed by atoms with van der Waals surface area (Å²) in [5, 5.41) is 3.17. The number of hydrogen-bond acceptors (Lipinski definition) is 5. The molecule has 5 nitrogen and oxygen atoms in total. The zero-order valence-corrected chi connectivity index (χ0v) is 21.3. The van der Waals surface area contributed by atoms with Crippen molar-refractivity contribution in [3.8, 4) is 0 Å². The smallest absolute Gasteiger partial charge is 0.243 e. The number of nitrogens with zero attached hydrogens (tertiary/aromatic N) is 3. The molecule has 1 fully saturated rings. The van der Waals surface area contributed by atoms with Crippen molar-refractivity contribution in [3.05, 3.63) is 75.5 Å². The summed E-state index contributed by atoms with van der Waals surface area (Å²) >= 11 is 7.46. The Kier molecular flexibility index (Phi) is 6.82. The Morgan fingerprint density at radius 3 is 2.33 bits per heavy atom. The molecule has 0 unspecified atom stereocenters. The summed E-state index contributed by atoms with van der Waals surface area (Å²) in [6, 6.07) is 11.7. The molecule has 176 valence electrons. The number of piperazine rings is 1. The van der Waals surface area contributed by atoms with E-state index >= 15 is 0 Å².